The summed E-state index contributed by atoms with van der Waals surface area (Å²) >= 11 is 0. The molecule has 2 aromatic carbocycles. The highest BCUT2D eigenvalue weighted by molar-refractivity contribution is 5.77. The molecule has 2 amide bonds. The molecular formula is C31H39N5O7. The van der Waals surface area contributed by atoms with Gasteiger partial charge < -0.3 is 33.7 Å². The van der Waals surface area contributed by atoms with Gasteiger partial charge in [0.25, 0.3) is 0 Å². The smallest absolute Gasteiger partial charge is 0.325 e. The zero-order chi connectivity index (χ0) is 30.2. The normalized spacial score (nSPS) is 32.6. The quantitative estimate of drug-likeness (QED) is 0.220. The topological polar surface area (TPSA) is 136 Å². The van der Waals surface area contributed by atoms with E-state index in [4.69, 9.17) is 28.4 Å². The zero-order valence-electron chi connectivity index (χ0n) is 24.6. The Bertz CT molecular complexity index is 1260. The van der Waals surface area contributed by atoms with Gasteiger partial charge in [-0.1, -0.05) is 65.8 Å². The van der Waals surface area contributed by atoms with Crippen LogP contribution in [-0.4, -0.2) is 73.3 Å². The molecule has 43 heavy (non-hydrogen) atoms. The summed E-state index contributed by atoms with van der Waals surface area (Å²) in [6.07, 6.45) is 0.345. The molecule has 5 rings (SSSR count). The third-order valence-electron chi connectivity index (χ3n) is 7.90. The van der Waals surface area contributed by atoms with E-state index in [2.05, 4.69) is 15.3 Å². The Labute approximate surface area is 251 Å². The average Bonchev–Trinajstić information content (AvgIpc) is 3.03. The van der Waals surface area contributed by atoms with E-state index in [0.29, 0.717) is 19.4 Å². The van der Waals surface area contributed by atoms with Crippen LogP contribution in [0.1, 0.15) is 37.8 Å². The van der Waals surface area contributed by atoms with E-state index >= 15 is 0 Å². The second-order valence-corrected chi connectivity index (χ2v) is 10.8. The number of ether oxygens (including phenoxy) is 6. The molecule has 1 N–H and O–H groups in total. The third kappa shape index (κ3) is 7.73. The van der Waals surface area contributed by atoms with E-state index in [-0.39, 0.29) is 24.8 Å². The number of carbonyl (C=O) groups is 1. The van der Waals surface area contributed by atoms with Gasteiger partial charge in [-0.25, -0.2) is 4.79 Å². The Morgan fingerprint density at radius 3 is 2.19 bits per heavy atom. The first kappa shape index (κ1) is 31.0. The van der Waals surface area contributed by atoms with Crippen molar-refractivity contribution in [3.63, 3.8) is 0 Å². The molecule has 2 fully saturated rings. The van der Waals surface area contributed by atoms with Gasteiger partial charge in [0.2, 0.25) is 0 Å². The number of azide groups is 1. The summed E-state index contributed by atoms with van der Waals surface area (Å²) in [5.74, 6) is 0. The fraction of sp³-hybridized carbons (Fsp3) is 0.516. The summed E-state index contributed by atoms with van der Waals surface area (Å²) in [4.78, 5) is 17.2. The number of urea groups is 1. The Morgan fingerprint density at radius 2 is 1.60 bits per heavy atom. The fourth-order valence-electron chi connectivity index (χ4n) is 5.56. The van der Waals surface area contributed by atoms with Crippen LogP contribution < -0.4 is 5.32 Å². The number of hydrogen-bond donors (Lipinski definition) is 1. The molecule has 0 aliphatic carbocycles. The van der Waals surface area contributed by atoms with Gasteiger partial charge >= 0.3 is 6.03 Å². The molecule has 230 valence electrons. The van der Waals surface area contributed by atoms with Crippen LogP contribution >= 0.6 is 0 Å². The Kier molecular flexibility index (Phi) is 10.7. The van der Waals surface area contributed by atoms with Gasteiger partial charge in [0.05, 0.1) is 37.6 Å². The predicted octanol–water partition coefficient (Wildman–Crippen LogP) is 5.00. The van der Waals surface area contributed by atoms with Crippen molar-refractivity contribution < 1.29 is 33.2 Å². The lowest BCUT2D eigenvalue weighted by Crippen LogP contribution is -2.60. The summed E-state index contributed by atoms with van der Waals surface area (Å²) in [6.45, 7) is 4.34. The highest BCUT2D eigenvalue weighted by Crippen LogP contribution is 2.34. The zero-order valence-corrected chi connectivity index (χ0v) is 24.6. The Hall–Kier alpha value is -3.48. The van der Waals surface area contributed by atoms with Gasteiger partial charge in [-0.15, -0.1) is 0 Å². The van der Waals surface area contributed by atoms with Gasteiger partial charge in [-0.2, -0.15) is 0 Å². The van der Waals surface area contributed by atoms with E-state index in [1.807, 2.05) is 74.5 Å². The first-order valence-electron chi connectivity index (χ1n) is 14.6. The molecule has 0 bridgehead atoms. The van der Waals surface area contributed by atoms with Crippen LogP contribution in [0.15, 0.2) is 78.1 Å². The van der Waals surface area contributed by atoms with Crippen LogP contribution in [0.25, 0.3) is 10.4 Å². The van der Waals surface area contributed by atoms with Crippen LogP contribution in [0.2, 0.25) is 0 Å². The molecule has 2 saturated heterocycles. The number of rotatable bonds is 11. The lowest BCUT2D eigenvalue weighted by atomic mass is 9.96. The van der Waals surface area contributed by atoms with E-state index in [1.165, 1.54) is 12.0 Å². The first-order valence-corrected chi connectivity index (χ1v) is 14.6. The van der Waals surface area contributed by atoms with E-state index in [1.54, 1.807) is 12.3 Å². The maximum absolute atomic E-state index is 12.6. The van der Waals surface area contributed by atoms with Crippen molar-refractivity contribution in [2.45, 2.75) is 95.2 Å². The Balaban J connectivity index is 1.32. The number of amides is 2. The summed E-state index contributed by atoms with van der Waals surface area (Å²) in [5.41, 5.74) is 11.3. The van der Waals surface area contributed by atoms with Gasteiger partial charge in [-0.05, 0) is 49.4 Å². The second-order valence-electron chi connectivity index (χ2n) is 10.8. The maximum atomic E-state index is 12.6. The van der Waals surface area contributed by atoms with Crippen LogP contribution in [0.4, 0.5) is 4.79 Å². The highest BCUT2D eigenvalue weighted by atomic mass is 16.7. The molecule has 3 aliphatic rings. The van der Waals surface area contributed by atoms with E-state index in [0.717, 1.165) is 11.1 Å². The fourth-order valence-corrected chi connectivity index (χ4v) is 5.56. The van der Waals surface area contributed by atoms with Crippen molar-refractivity contribution in [2.75, 3.05) is 7.11 Å². The number of carbonyl (C=O) groups excluding carboxylic acids is 1. The van der Waals surface area contributed by atoms with Gasteiger partial charge in [0.15, 0.2) is 12.5 Å². The monoisotopic (exact) mass is 593 g/mol. The van der Waals surface area contributed by atoms with Gasteiger partial charge in [0, 0.05) is 18.2 Å². The third-order valence-corrected chi connectivity index (χ3v) is 7.90. The molecule has 12 nitrogen and oxygen atoms in total. The molecule has 0 aromatic heterocycles. The first-order chi connectivity index (χ1) is 21.0. The minimum atomic E-state index is -0.821. The SMILES string of the molecule is COC1C=CN([C@H]2CC[C@H](O[C@H]3O[C@H](C)[C@@H](N=[N+]=[N-])[C@H](OCc4ccccc4)[C@H]3OCc3ccccc3)[C@@H](C)O2)C(=O)N1. The molecule has 9 atom stereocenters. The summed E-state index contributed by atoms with van der Waals surface area (Å²) in [5, 5.41) is 6.82. The number of nitrogens with one attached hydrogen (secondary N) is 1. The van der Waals surface area contributed by atoms with Crippen molar-refractivity contribution in [3.05, 3.63) is 94.5 Å². The number of benzene rings is 2. The van der Waals surface area contributed by atoms with Crippen LogP contribution in [-0.2, 0) is 41.6 Å². The van der Waals surface area contributed by atoms with Crippen molar-refractivity contribution in [2.24, 2.45) is 5.11 Å². The van der Waals surface area contributed by atoms with Crippen LogP contribution in [0.3, 0.4) is 0 Å². The molecule has 3 heterocycles. The lowest BCUT2D eigenvalue weighted by Gasteiger charge is -2.46. The minimum Gasteiger partial charge on any atom is -0.370 e. The second kappa shape index (κ2) is 14.8. The number of nitrogens with zero attached hydrogens (tertiary/aromatic N) is 4. The molecule has 0 saturated carbocycles. The van der Waals surface area contributed by atoms with E-state index in [9.17, 15) is 10.3 Å². The minimum absolute atomic E-state index is 0.285. The van der Waals surface area contributed by atoms with Gasteiger partial charge in [0.1, 0.15) is 18.4 Å². The van der Waals surface area contributed by atoms with Crippen LogP contribution in [0.5, 0.6) is 0 Å². The molecule has 1 unspecified atom stereocenters. The molecule has 3 aliphatic heterocycles. The largest absolute Gasteiger partial charge is 0.370 e. The lowest BCUT2D eigenvalue weighted by molar-refractivity contribution is -0.316. The average molecular weight is 594 g/mol. The summed E-state index contributed by atoms with van der Waals surface area (Å²) in [7, 11) is 1.53. The molecule has 0 radical (unpaired) electrons. The van der Waals surface area contributed by atoms with E-state index < -0.39 is 43.1 Å². The molecule has 12 heteroatoms. The summed E-state index contributed by atoms with van der Waals surface area (Å²) in [6, 6.07) is 18.7. The van der Waals surface area contributed by atoms with Crippen molar-refractivity contribution in [1.29, 1.82) is 0 Å². The molecule has 0 spiro atoms. The van der Waals surface area contributed by atoms with Gasteiger partial charge in [-0.3, -0.25) is 4.90 Å². The van der Waals surface area contributed by atoms with Crippen molar-refractivity contribution in [1.82, 2.24) is 10.2 Å². The van der Waals surface area contributed by atoms with Crippen molar-refractivity contribution in [3.8, 4) is 0 Å². The summed E-state index contributed by atoms with van der Waals surface area (Å²) < 4.78 is 37.2. The number of methoxy groups -OCH3 is 1. The Morgan fingerprint density at radius 1 is 0.953 bits per heavy atom. The van der Waals surface area contributed by atoms with Crippen LogP contribution in [0, 0.1) is 0 Å². The molecular weight excluding hydrogens is 554 g/mol. The highest BCUT2D eigenvalue weighted by Gasteiger charge is 2.48. The number of hydrogen-bond acceptors (Lipinski definition) is 8. The predicted molar refractivity (Wildman–Crippen MR) is 156 cm³/mol. The maximum Gasteiger partial charge on any atom is 0.325 e. The van der Waals surface area contributed by atoms with Crippen molar-refractivity contribution >= 4 is 6.03 Å². The molecule has 2 aromatic rings. The standard InChI is InChI=1S/C31H39N5O7/c1-20-24(14-15-26(41-20)36-17-16-25(38-3)33-31(36)37)43-30-29(40-19-23-12-8-5-9-13-23)28(27(34-35-32)21(2)42-30)39-18-22-10-6-4-7-11-22/h4-13,16-17,20-21,24-30H,14-15,18-19H2,1-3H3,(H,33,37)/t20-,21-,24+,25?,26-,27-,28+,29-,30-/m1/s1.